The van der Waals surface area contributed by atoms with Crippen molar-refractivity contribution in [2.75, 3.05) is 19.8 Å². The van der Waals surface area contributed by atoms with Crippen LogP contribution in [-0.4, -0.2) is 48.6 Å². The number of H-pyrrole nitrogens is 1. The molecule has 9 nitrogen and oxygen atoms in total. The van der Waals surface area contributed by atoms with E-state index in [0.29, 0.717) is 17.8 Å². The number of esters is 2. The molecule has 0 aliphatic rings. The number of imide groups is 1. The Morgan fingerprint density at radius 1 is 1.08 bits per heavy atom. The van der Waals surface area contributed by atoms with Crippen LogP contribution in [0.5, 0.6) is 0 Å². The highest BCUT2D eigenvalue weighted by atomic mass is 16.5. The van der Waals surface area contributed by atoms with Gasteiger partial charge in [-0.15, -0.1) is 0 Å². The van der Waals surface area contributed by atoms with Crippen LogP contribution in [0.25, 0.3) is 0 Å². The van der Waals surface area contributed by atoms with Gasteiger partial charge in [-0.25, -0.2) is 14.4 Å². The Labute approximate surface area is 151 Å². The third kappa shape index (κ3) is 5.91. The van der Waals surface area contributed by atoms with E-state index in [-0.39, 0.29) is 23.8 Å². The monoisotopic (exact) mass is 367 g/mol. The maximum atomic E-state index is 12.2. The van der Waals surface area contributed by atoms with Crippen molar-refractivity contribution in [2.45, 2.75) is 34.6 Å². The lowest BCUT2D eigenvalue weighted by atomic mass is 10.1. The van der Waals surface area contributed by atoms with Crippen LogP contribution < -0.4 is 10.6 Å². The molecule has 26 heavy (non-hydrogen) atoms. The van der Waals surface area contributed by atoms with Gasteiger partial charge in [-0.3, -0.25) is 10.1 Å². The first kappa shape index (κ1) is 21.2. The van der Waals surface area contributed by atoms with Gasteiger partial charge in [0.2, 0.25) is 0 Å². The SMILES string of the molecule is CCOC(=O)c1[nH]c(C)c(C(=O)OCC(=O)NC(=O)NCC(C)C)c1C. The van der Waals surface area contributed by atoms with Crippen LogP contribution in [0.1, 0.15) is 52.9 Å². The molecular weight excluding hydrogens is 342 g/mol. The Hall–Kier alpha value is -2.84. The lowest BCUT2D eigenvalue weighted by Crippen LogP contribution is -2.42. The van der Waals surface area contributed by atoms with Crippen molar-refractivity contribution in [3.05, 3.63) is 22.5 Å². The van der Waals surface area contributed by atoms with Gasteiger partial charge in [0.05, 0.1) is 12.2 Å². The molecule has 1 heterocycles. The minimum Gasteiger partial charge on any atom is -0.461 e. The summed E-state index contributed by atoms with van der Waals surface area (Å²) in [6.07, 6.45) is 0. The second-order valence-corrected chi connectivity index (χ2v) is 6.07. The van der Waals surface area contributed by atoms with Crippen molar-refractivity contribution >= 4 is 23.9 Å². The minimum absolute atomic E-state index is 0.158. The molecule has 144 valence electrons. The molecule has 1 aromatic rings. The van der Waals surface area contributed by atoms with Gasteiger partial charge in [0.15, 0.2) is 6.61 Å². The second-order valence-electron chi connectivity index (χ2n) is 6.07. The van der Waals surface area contributed by atoms with Crippen molar-refractivity contribution in [1.82, 2.24) is 15.6 Å². The van der Waals surface area contributed by atoms with Gasteiger partial charge >= 0.3 is 18.0 Å². The molecule has 3 N–H and O–H groups in total. The van der Waals surface area contributed by atoms with E-state index in [1.165, 1.54) is 0 Å². The third-order valence-electron chi connectivity index (χ3n) is 3.38. The number of hydrogen-bond donors (Lipinski definition) is 3. The first-order valence-electron chi connectivity index (χ1n) is 8.28. The maximum absolute atomic E-state index is 12.2. The van der Waals surface area contributed by atoms with Gasteiger partial charge in [-0.2, -0.15) is 0 Å². The van der Waals surface area contributed by atoms with Crippen LogP contribution in [-0.2, 0) is 14.3 Å². The molecule has 0 aliphatic carbocycles. The fraction of sp³-hybridized carbons (Fsp3) is 0.529. The van der Waals surface area contributed by atoms with Gasteiger partial charge in [-0.1, -0.05) is 13.8 Å². The summed E-state index contributed by atoms with van der Waals surface area (Å²) in [6.45, 7) is 8.68. The van der Waals surface area contributed by atoms with Gasteiger partial charge in [0.25, 0.3) is 5.91 Å². The molecule has 3 amide bonds. The molecule has 9 heteroatoms. The number of aromatic amines is 1. The summed E-state index contributed by atoms with van der Waals surface area (Å²) in [5.41, 5.74) is 1.12. The van der Waals surface area contributed by atoms with Crippen LogP contribution in [0.2, 0.25) is 0 Å². The van der Waals surface area contributed by atoms with Crippen molar-refractivity contribution in [2.24, 2.45) is 5.92 Å². The van der Waals surface area contributed by atoms with E-state index in [1.807, 2.05) is 13.8 Å². The molecule has 0 aliphatic heterocycles. The van der Waals surface area contributed by atoms with Crippen LogP contribution in [0, 0.1) is 19.8 Å². The summed E-state index contributed by atoms with van der Waals surface area (Å²) >= 11 is 0. The van der Waals surface area contributed by atoms with E-state index in [1.54, 1.807) is 20.8 Å². The Balaban J connectivity index is 2.64. The Morgan fingerprint density at radius 3 is 2.31 bits per heavy atom. The second kappa shape index (κ2) is 9.59. The molecule has 0 spiro atoms. The fourth-order valence-electron chi connectivity index (χ4n) is 2.17. The van der Waals surface area contributed by atoms with E-state index in [9.17, 15) is 19.2 Å². The zero-order valence-electron chi connectivity index (χ0n) is 15.6. The molecule has 0 aromatic carbocycles. The number of hydrogen-bond acceptors (Lipinski definition) is 6. The number of carbonyl (C=O) groups excluding carboxylic acids is 4. The zero-order valence-corrected chi connectivity index (χ0v) is 15.6. The predicted molar refractivity (Wildman–Crippen MR) is 92.9 cm³/mol. The van der Waals surface area contributed by atoms with Gasteiger partial charge in [0.1, 0.15) is 5.69 Å². The Kier molecular flexibility index (Phi) is 7.82. The van der Waals surface area contributed by atoms with Crippen molar-refractivity contribution in [3.63, 3.8) is 0 Å². The number of ether oxygens (including phenoxy) is 2. The van der Waals surface area contributed by atoms with Gasteiger partial charge in [-0.05, 0) is 32.3 Å². The summed E-state index contributed by atoms with van der Waals surface area (Å²) in [5, 5.41) is 4.57. The fourth-order valence-corrected chi connectivity index (χ4v) is 2.17. The maximum Gasteiger partial charge on any atom is 0.355 e. The largest absolute Gasteiger partial charge is 0.461 e. The third-order valence-corrected chi connectivity index (χ3v) is 3.38. The number of nitrogens with one attached hydrogen (secondary N) is 3. The molecule has 0 fully saturated rings. The Morgan fingerprint density at radius 2 is 1.73 bits per heavy atom. The summed E-state index contributed by atoms with van der Waals surface area (Å²) in [5.74, 6) is -1.87. The average Bonchev–Trinajstić information content (AvgIpc) is 2.85. The molecule has 0 radical (unpaired) electrons. The van der Waals surface area contributed by atoms with E-state index in [4.69, 9.17) is 9.47 Å². The number of aryl methyl sites for hydroxylation is 1. The first-order valence-corrected chi connectivity index (χ1v) is 8.28. The van der Waals surface area contributed by atoms with Crippen molar-refractivity contribution in [1.29, 1.82) is 0 Å². The molecule has 0 atom stereocenters. The molecule has 0 bridgehead atoms. The Bertz CT molecular complexity index is 693. The van der Waals surface area contributed by atoms with Crippen LogP contribution >= 0.6 is 0 Å². The smallest absolute Gasteiger partial charge is 0.355 e. The summed E-state index contributed by atoms with van der Waals surface area (Å²) in [7, 11) is 0. The minimum atomic E-state index is -0.774. The van der Waals surface area contributed by atoms with Crippen LogP contribution in [0.4, 0.5) is 4.79 Å². The summed E-state index contributed by atoms with van der Waals surface area (Å²) < 4.78 is 9.84. The molecule has 0 unspecified atom stereocenters. The average molecular weight is 367 g/mol. The summed E-state index contributed by atoms with van der Waals surface area (Å²) in [6, 6.07) is -0.654. The first-order chi connectivity index (χ1) is 12.2. The molecule has 0 saturated heterocycles. The highest BCUT2D eigenvalue weighted by Gasteiger charge is 2.24. The number of carbonyl (C=O) groups is 4. The van der Waals surface area contributed by atoms with Crippen LogP contribution in [0.3, 0.4) is 0 Å². The number of urea groups is 1. The zero-order chi connectivity index (χ0) is 19.9. The lowest BCUT2D eigenvalue weighted by molar-refractivity contribution is -0.123. The highest BCUT2D eigenvalue weighted by Crippen LogP contribution is 2.19. The summed E-state index contributed by atoms with van der Waals surface area (Å²) in [4.78, 5) is 50.0. The van der Waals surface area contributed by atoms with E-state index in [0.717, 1.165) is 0 Å². The molecule has 0 saturated carbocycles. The van der Waals surface area contributed by atoms with E-state index < -0.39 is 30.5 Å². The molecule has 1 rings (SSSR count). The highest BCUT2D eigenvalue weighted by molar-refractivity contribution is 6.00. The van der Waals surface area contributed by atoms with E-state index in [2.05, 4.69) is 15.6 Å². The number of aromatic nitrogens is 1. The lowest BCUT2D eigenvalue weighted by Gasteiger charge is -2.09. The topological polar surface area (TPSA) is 127 Å². The number of rotatable bonds is 7. The van der Waals surface area contributed by atoms with Crippen molar-refractivity contribution < 1.29 is 28.7 Å². The number of amides is 3. The van der Waals surface area contributed by atoms with Crippen LogP contribution in [0.15, 0.2) is 0 Å². The van der Waals surface area contributed by atoms with Gasteiger partial charge in [0, 0.05) is 12.2 Å². The van der Waals surface area contributed by atoms with Crippen molar-refractivity contribution in [3.8, 4) is 0 Å². The van der Waals surface area contributed by atoms with E-state index >= 15 is 0 Å². The quantitative estimate of drug-likeness (QED) is 0.626. The molecular formula is C17H25N3O6. The normalized spacial score (nSPS) is 10.4. The predicted octanol–water partition coefficient (Wildman–Crippen LogP) is 1.45. The van der Waals surface area contributed by atoms with Gasteiger partial charge < -0.3 is 19.8 Å². The molecule has 1 aromatic heterocycles. The standard InChI is InChI=1S/C17H25N3O6/c1-6-25-16(23)14-10(4)13(11(5)19-14)15(22)26-8-12(21)20-17(24)18-7-9(2)3/h9,19H,6-8H2,1-5H3,(H2,18,20,21,24).